The number of rotatable bonds is 4. The van der Waals surface area contributed by atoms with Gasteiger partial charge in [0.15, 0.2) is 5.82 Å². The fraction of sp³-hybridized carbons (Fsp3) is 0.125. The number of nitrogens with two attached hydrogens (primary N) is 1. The van der Waals surface area contributed by atoms with Gasteiger partial charge in [0.05, 0.1) is 41.5 Å². The average Bonchev–Trinajstić information content (AvgIpc) is 3.26. The van der Waals surface area contributed by atoms with Crippen LogP contribution in [0.15, 0.2) is 67.0 Å². The first kappa shape index (κ1) is 24.2. The number of fused-ring (bicyclic) bond motifs is 1. The molecule has 0 saturated carbocycles. The van der Waals surface area contributed by atoms with Crippen molar-refractivity contribution in [1.29, 1.82) is 0 Å². The van der Waals surface area contributed by atoms with Crippen LogP contribution in [-0.2, 0) is 18.9 Å². The highest BCUT2D eigenvalue weighted by molar-refractivity contribution is 5.74. The smallest absolute Gasteiger partial charge is 0.398 e. The van der Waals surface area contributed by atoms with Crippen molar-refractivity contribution in [2.24, 2.45) is 0 Å². The van der Waals surface area contributed by atoms with Crippen LogP contribution in [0.3, 0.4) is 0 Å². The molecule has 0 atom stereocenters. The van der Waals surface area contributed by atoms with Crippen molar-refractivity contribution in [3.8, 4) is 34.0 Å². The molecule has 2 aliphatic rings. The summed E-state index contributed by atoms with van der Waals surface area (Å²) < 4.78 is 80.8. The molecule has 0 spiro atoms. The highest BCUT2D eigenvalue weighted by Crippen LogP contribution is 2.40. The number of hydrogen-bond donors (Lipinski definition) is 1. The van der Waals surface area contributed by atoms with Crippen LogP contribution in [0, 0.1) is 0 Å². The van der Waals surface area contributed by atoms with Crippen molar-refractivity contribution in [1.82, 2.24) is 29.9 Å². The van der Waals surface area contributed by atoms with E-state index in [4.69, 9.17) is 5.73 Å². The molecule has 1 aromatic heterocycles. The molecule has 7 nitrogen and oxygen atoms in total. The number of aromatic nitrogens is 6. The van der Waals surface area contributed by atoms with Crippen LogP contribution in [0.2, 0.25) is 0 Å². The summed E-state index contributed by atoms with van der Waals surface area (Å²) in [5.41, 5.74) is 5.05. The second-order valence-corrected chi connectivity index (χ2v) is 8.04. The molecule has 3 aromatic rings. The van der Waals surface area contributed by atoms with Gasteiger partial charge in [-0.1, -0.05) is 18.2 Å². The summed E-state index contributed by atoms with van der Waals surface area (Å²) in [6.07, 6.45) is -6.81. The van der Waals surface area contributed by atoms with E-state index in [9.17, 15) is 26.3 Å². The van der Waals surface area contributed by atoms with Crippen LogP contribution in [0.1, 0.15) is 16.8 Å². The molecule has 0 fully saturated rings. The van der Waals surface area contributed by atoms with Gasteiger partial charge in [-0.15, -0.1) is 0 Å². The molecule has 0 aliphatic carbocycles. The molecule has 2 aromatic carbocycles. The zero-order valence-corrected chi connectivity index (χ0v) is 18.6. The first-order chi connectivity index (χ1) is 17.5. The van der Waals surface area contributed by atoms with E-state index in [1.165, 1.54) is 23.0 Å². The Morgan fingerprint density at radius 1 is 0.757 bits per heavy atom. The van der Waals surface area contributed by atoms with Gasteiger partial charge in [0.25, 0.3) is 0 Å². The minimum atomic E-state index is -5.02. The highest BCUT2D eigenvalue weighted by Gasteiger charge is 2.38. The summed E-state index contributed by atoms with van der Waals surface area (Å²) in [6, 6.07) is 11.2. The van der Waals surface area contributed by atoms with Crippen LogP contribution in [-0.4, -0.2) is 29.9 Å². The largest absolute Gasteiger partial charge is 0.417 e. The van der Waals surface area contributed by atoms with E-state index in [1.54, 1.807) is 24.4 Å². The lowest BCUT2D eigenvalue weighted by Crippen LogP contribution is -2.13. The molecular formula is C24H15F6N7. The third-order valence-electron chi connectivity index (χ3n) is 5.49. The van der Waals surface area contributed by atoms with Gasteiger partial charge in [-0.3, -0.25) is 4.68 Å². The van der Waals surface area contributed by atoms with Crippen LogP contribution in [0.5, 0.6) is 0 Å². The van der Waals surface area contributed by atoms with E-state index < -0.39 is 29.0 Å². The maximum Gasteiger partial charge on any atom is 0.417 e. The average molecular weight is 515 g/mol. The van der Waals surface area contributed by atoms with Gasteiger partial charge >= 0.3 is 12.4 Å². The Morgan fingerprint density at radius 3 is 2.19 bits per heavy atom. The van der Waals surface area contributed by atoms with Crippen LogP contribution in [0.25, 0.3) is 34.0 Å². The summed E-state index contributed by atoms with van der Waals surface area (Å²) in [5, 5.41) is 12.0. The number of alkyl halides is 6. The Kier molecular flexibility index (Phi) is 5.77. The Labute approximate surface area is 205 Å². The highest BCUT2D eigenvalue weighted by atomic mass is 19.4. The number of para-hydroxylation sites is 1. The van der Waals surface area contributed by atoms with E-state index in [1.807, 2.05) is 6.07 Å². The van der Waals surface area contributed by atoms with Crippen molar-refractivity contribution in [2.45, 2.75) is 18.9 Å². The molecule has 0 unspecified atom stereocenters. The van der Waals surface area contributed by atoms with Crippen molar-refractivity contribution >= 4 is 5.69 Å². The Bertz CT molecular complexity index is 1540. The summed E-state index contributed by atoms with van der Waals surface area (Å²) in [4.78, 5) is 8.91. The first-order valence-electron chi connectivity index (χ1n) is 10.7. The van der Waals surface area contributed by atoms with Crippen molar-refractivity contribution in [3.63, 3.8) is 0 Å². The van der Waals surface area contributed by atoms with E-state index in [0.717, 1.165) is 6.07 Å². The monoisotopic (exact) mass is 515 g/mol. The van der Waals surface area contributed by atoms with Gasteiger partial charge in [-0.25, -0.2) is 9.97 Å². The third kappa shape index (κ3) is 4.92. The van der Waals surface area contributed by atoms with E-state index in [-0.39, 0.29) is 18.3 Å². The number of anilines is 1. The molecule has 0 saturated heterocycles. The molecule has 37 heavy (non-hydrogen) atoms. The maximum absolute atomic E-state index is 13.5. The predicted molar refractivity (Wildman–Crippen MR) is 121 cm³/mol. The number of imidazole rings is 1. The van der Waals surface area contributed by atoms with E-state index >= 15 is 0 Å². The Balaban J connectivity index is 1.41. The molecule has 5 rings (SSSR count). The molecule has 2 N–H and O–H groups in total. The van der Waals surface area contributed by atoms with Gasteiger partial charge in [-0.2, -0.15) is 41.6 Å². The fourth-order valence-electron chi connectivity index (χ4n) is 3.70. The van der Waals surface area contributed by atoms with Gasteiger partial charge in [0.2, 0.25) is 0 Å². The number of nitrogen functional groups attached to an aromatic ring is 1. The standard InChI is InChI=1S/C24H15F6N7/c25-23(26,27)13-5-7-15(17(9-13)24(28,29)30)19-8-6-14(35-36-19)11-37-12-21-20(10-32-37)33-22(34-21)16-3-1-2-4-18(16)31/h1-10,12H,11,31H2. The minimum absolute atomic E-state index is 0.0676. The van der Waals surface area contributed by atoms with Crippen LogP contribution >= 0.6 is 0 Å². The van der Waals surface area contributed by atoms with Gasteiger partial charge in [0.1, 0.15) is 11.4 Å². The second-order valence-electron chi connectivity index (χ2n) is 8.04. The molecule has 0 radical (unpaired) electrons. The molecule has 188 valence electrons. The van der Waals surface area contributed by atoms with Gasteiger partial charge in [-0.05, 0) is 36.4 Å². The molecule has 13 heteroatoms. The van der Waals surface area contributed by atoms with Crippen LogP contribution < -0.4 is 5.73 Å². The minimum Gasteiger partial charge on any atom is -0.398 e. The zero-order valence-electron chi connectivity index (χ0n) is 18.6. The second kappa shape index (κ2) is 8.84. The van der Waals surface area contributed by atoms with Gasteiger partial charge < -0.3 is 5.73 Å². The summed E-state index contributed by atoms with van der Waals surface area (Å²) in [6.45, 7) is 0.109. The predicted octanol–water partition coefficient (Wildman–Crippen LogP) is 5.57. The normalized spacial score (nSPS) is 12.3. The van der Waals surface area contributed by atoms with Crippen molar-refractivity contribution in [3.05, 3.63) is 83.8 Å². The molecule has 2 aliphatic heterocycles. The summed E-state index contributed by atoms with van der Waals surface area (Å²) >= 11 is 0. The molecule has 3 heterocycles. The summed E-state index contributed by atoms with van der Waals surface area (Å²) in [7, 11) is 0. The Morgan fingerprint density at radius 2 is 1.51 bits per heavy atom. The summed E-state index contributed by atoms with van der Waals surface area (Å²) in [5.74, 6) is 0.439. The molecular weight excluding hydrogens is 500 g/mol. The maximum atomic E-state index is 13.5. The SMILES string of the molecule is Nc1ccccc1-c1nc2cnn(Cc3ccc(-c4ccc(C(F)(F)F)cc4C(F)(F)F)nn3)cc-2n1. The number of nitrogens with zero attached hydrogens (tertiary/aromatic N) is 6. The van der Waals surface area contributed by atoms with Crippen LogP contribution in [0.4, 0.5) is 32.0 Å². The first-order valence-corrected chi connectivity index (χ1v) is 10.7. The molecule has 0 amide bonds. The number of hydrogen-bond acceptors (Lipinski definition) is 6. The van der Waals surface area contributed by atoms with Gasteiger partial charge in [0, 0.05) is 16.8 Å². The lowest BCUT2D eigenvalue weighted by molar-refractivity contribution is -0.142. The van der Waals surface area contributed by atoms with E-state index in [0.29, 0.717) is 40.2 Å². The fourth-order valence-corrected chi connectivity index (χ4v) is 3.70. The lowest BCUT2D eigenvalue weighted by Gasteiger charge is -2.15. The topological polar surface area (TPSA) is 95.4 Å². The number of halogens is 6. The van der Waals surface area contributed by atoms with Crippen molar-refractivity contribution in [2.75, 3.05) is 5.73 Å². The third-order valence-corrected chi connectivity index (χ3v) is 5.49. The Hall–Kier alpha value is -4.55. The quantitative estimate of drug-likeness (QED) is 0.248. The number of benzene rings is 2. The molecule has 0 bridgehead atoms. The zero-order chi connectivity index (χ0) is 26.4. The van der Waals surface area contributed by atoms with Crippen molar-refractivity contribution < 1.29 is 26.3 Å². The van der Waals surface area contributed by atoms with E-state index in [2.05, 4.69) is 25.3 Å². The lowest BCUT2D eigenvalue weighted by atomic mass is 10.00.